The number of ketones is 1. The molecule has 3 aromatic carbocycles. The second-order valence-electron chi connectivity index (χ2n) is 7.84. The van der Waals surface area contributed by atoms with Crippen LogP contribution in [0.2, 0.25) is 0 Å². The largest absolute Gasteiger partial charge is 0.459 e. The zero-order valence-electron chi connectivity index (χ0n) is 18.1. The fourth-order valence-corrected chi connectivity index (χ4v) is 3.95. The van der Waals surface area contributed by atoms with Crippen molar-refractivity contribution in [3.05, 3.63) is 108 Å². The molecule has 0 saturated carbocycles. The quantitative estimate of drug-likeness (QED) is 0.398. The van der Waals surface area contributed by atoms with Crippen molar-refractivity contribution in [3.8, 4) is 0 Å². The Labute approximate surface area is 192 Å². The number of rotatable bonds is 7. The maximum absolute atomic E-state index is 13.4. The van der Waals surface area contributed by atoms with E-state index in [-0.39, 0.29) is 12.4 Å². The van der Waals surface area contributed by atoms with Crippen molar-refractivity contribution >= 4 is 17.7 Å². The number of benzene rings is 3. The second kappa shape index (κ2) is 10.2. The lowest BCUT2D eigenvalue weighted by atomic mass is 9.88. The molecule has 1 saturated heterocycles. The summed E-state index contributed by atoms with van der Waals surface area (Å²) in [5.41, 5.74) is 1.26. The summed E-state index contributed by atoms with van der Waals surface area (Å²) in [4.78, 5) is 38.6. The topological polar surface area (TPSA) is 78.9 Å². The number of hydrogen-bond acceptors (Lipinski definition) is 6. The Hall–Kier alpha value is -3.77. The average Bonchev–Trinajstić information content (AvgIpc) is 3.18. The third-order valence-electron chi connectivity index (χ3n) is 5.61. The average molecular weight is 444 g/mol. The van der Waals surface area contributed by atoms with Gasteiger partial charge in [0.25, 0.3) is 0 Å². The van der Waals surface area contributed by atoms with E-state index in [2.05, 4.69) is 0 Å². The first-order chi connectivity index (χ1) is 16.0. The monoisotopic (exact) mass is 444 g/mol. The van der Waals surface area contributed by atoms with E-state index in [1.54, 1.807) is 91.9 Å². The molecule has 0 radical (unpaired) electrons. The van der Waals surface area contributed by atoms with E-state index in [0.717, 1.165) is 0 Å². The van der Waals surface area contributed by atoms with Crippen LogP contribution in [-0.2, 0) is 14.2 Å². The van der Waals surface area contributed by atoms with Crippen LogP contribution in [0.25, 0.3) is 0 Å². The molecule has 4 unspecified atom stereocenters. The van der Waals surface area contributed by atoms with Gasteiger partial charge >= 0.3 is 11.9 Å². The minimum Gasteiger partial charge on any atom is -0.459 e. The van der Waals surface area contributed by atoms with E-state index in [1.165, 1.54) is 0 Å². The summed E-state index contributed by atoms with van der Waals surface area (Å²) in [5, 5.41) is 0. The number of ether oxygens (including phenoxy) is 3. The lowest BCUT2D eigenvalue weighted by Crippen LogP contribution is -2.38. The highest BCUT2D eigenvalue weighted by molar-refractivity contribution is 5.99. The first kappa shape index (κ1) is 22.4. The lowest BCUT2D eigenvalue weighted by Gasteiger charge is -2.23. The molecule has 1 fully saturated rings. The first-order valence-corrected chi connectivity index (χ1v) is 10.8. The Bertz CT molecular complexity index is 1100. The molecule has 1 heterocycles. The van der Waals surface area contributed by atoms with E-state index in [0.29, 0.717) is 16.7 Å². The van der Waals surface area contributed by atoms with Crippen LogP contribution in [0.4, 0.5) is 0 Å². The van der Waals surface area contributed by atoms with Crippen molar-refractivity contribution in [2.75, 3.05) is 6.61 Å². The van der Waals surface area contributed by atoms with Crippen LogP contribution in [0, 0.1) is 5.92 Å². The Balaban J connectivity index is 1.55. The smallest absolute Gasteiger partial charge is 0.338 e. The molecule has 33 heavy (non-hydrogen) atoms. The summed E-state index contributed by atoms with van der Waals surface area (Å²) in [5.74, 6) is -2.10. The maximum atomic E-state index is 13.4. The minimum atomic E-state index is -0.828. The van der Waals surface area contributed by atoms with Gasteiger partial charge in [-0.05, 0) is 31.2 Å². The van der Waals surface area contributed by atoms with Crippen molar-refractivity contribution in [2.24, 2.45) is 5.92 Å². The molecule has 6 nitrogen and oxygen atoms in total. The minimum absolute atomic E-state index is 0.138. The molecule has 4 rings (SSSR count). The highest BCUT2D eigenvalue weighted by atomic mass is 16.6. The van der Waals surface area contributed by atoms with Crippen LogP contribution in [0.1, 0.15) is 38.0 Å². The van der Waals surface area contributed by atoms with Gasteiger partial charge in [-0.2, -0.15) is 0 Å². The van der Waals surface area contributed by atoms with Crippen LogP contribution in [-0.4, -0.2) is 42.6 Å². The van der Waals surface area contributed by atoms with Gasteiger partial charge in [-0.15, -0.1) is 0 Å². The number of esters is 2. The van der Waals surface area contributed by atoms with E-state index in [4.69, 9.17) is 14.2 Å². The van der Waals surface area contributed by atoms with Crippen molar-refractivity contribution in [3.63, 3.8) is 0 Å². The zero-order valence-corrected chi connectivity index (χ0v) is 18.1. The Morgan fingerprint density at radius 1 is 0.727 bits per heavy atom. The molecule has 1 aliphatic heterocycles. The van der Waals surface area contributed by atoms with Gasteiger partial charge in [-0.1, -0.05) is 66.7 Å². The molecular formula is C27H24O6. The van der Waals surface area contributed by atoms with E-state index < -0.39 is 36.2 Å². The number of carbonyl (C=O) groups is 3. The predicted octanol–water partition coefficient (Wildman–Crippen LogP) is 4.36. The molecule has 0 amide bonds. The summed E-state index contributed by atoms with van der Waals surface area (Å²) in [7, 11) is 0. The van der Waals surface area contributed by atoms with Gasteiger partial charge in [-0.25, -0.2) is 9.59 Å². The Morgan fingerprint density at radius 2 is 1.21 bits per heavy atom. The van der Waals surface area contributed by atoms with Crippen molar-refractivity contribution < 1.29 is 28.6 Å². The van der Waals surface area contributed by atoms with Crippen LogP contribution in [0.3, 0.4) is 0 Å². The molecule has 0 spiro atoms. The molecule has 0 N–H and O–H groups in total. The van der Waals surface area contributed by atoms with Crippen LogP contribution in [0.5, 0.6) is 0 Å². The van der Waals surface area contributed by atoms with E-state index >= 15 is 0 Å². The van der Waals surface area contributed by atoms with Gasteiger partial charge in [0.15, 0.2) is 5.78 Å². The molecule has 0 aromatic heterocycles. The Kier molecular flexibility index (Phi) is 6.95. The van der Waals surface area contributed by atoms with Crippen molar-refractivity contribution in [1.29, 1.82) is 0 Å². The summed E-state index contributed by atoms with van der Waals surface area (Å²) in [6, 6.07) is 25.9. The number of hydrogen-bond donors (Lipinski definition) is 0. The molecule has 4 atom stereocenters. The van der Waals surface area contributed by atoms with Crippen molar-refractivity contribution in [2.45, 2.75) is 25.2 Å². The van der Waals surface area contributed by atoms with E-state index in [1.807, 2.05) is 6.07 Å². The molecule has 0 aliphatic carbocycles. The van der Waals surface area contributed by atoms with Crippen LogP contribution < -0.4 is 0 Å². The van der Waals surface area contributed by atoms with Gasteiger partial charge in [-0.3, -0.25) is 4.79 Å². The molecule has 168 valence electrons. The van der Waals surface area contributed by atoms with Crippen LogP contribution in [0.15, 0.2) is 91.0 Å². The summed E-state index contributed by atoms with van der Waals surface area (Å²) in [6.45, 7) is 1.61. The Morgan fingerprint density at radius 3 is 1.76 bits per heavy atom. The number of carbonyl (C=O) groups excluding carboxylic acids is 3. The zero-order chi connectivity index (χ0) is 23.2. The van der Waals surface area contributed by atoms with Gasteiger partial charge in [0, 0.05) is 5.56 Å². The van der Waals surface area contributed by atoms with Gasteiger partial charge in [0.05, 0.1) is 23.1 Å². The summed E-state index contributed by atoms with van der Waals surface area (Å²) < 4.78 is 17.2. The highest BCUT2D eigenvalue weighted by Gasteiger charge is 2.49. The second-order valence-corrected chi connectivity index (χ2v) is 7.84. The fraction of sp³-hybridized carbons (Fsp3) is 0.222. The maximum Gasteiger partial charge on any atom is 0.338 e. The standard InChI is InChI=1S/C27H24O6/c1-18-25(33-27(30)21-15-9-4-10-16-21)23(24(28)19-11-5-2-6-12-19)22(32-18)17-31-26(29)20-13-7-3-8-14-20/h2-16,18,22-23,25H,17H2,1H3. The van der Waals surface area contributed by atoms with Gasteiger partial charge < -0.3 is 14.2 Å². The molecule has 6 heteroatoms. The summed E-state index contributed by atoms with van der Waals surface area (Å²) >= 11 is 0. The van der Waals surface area contributed by atoms with Crippen LogP contribution >= 0.6 is 0 Å². The van der Waals surface area contributed by atoms with Crippen molar-refractivity contribution in [1.82, 2.24) is 0 Å². The number of Topliss-reactive ketones (excluding diaryl/α,β-unsaturated/α-hetero) is 1. The highest BCUT2D eigenvalue weighted by Crippen LogP contribution is 2.33. The van der Waals surface area contributed by atoms with Gasteiger partial charge in [0.2, 0.25) is 0 Å². The van der Waals surface area contributed by atoms with E-state index in [9.17, 15) is 14.4 Å². The lowest BCUT2D eigenvalue weighted by molar-refractivity contribution is -0.0209. The fourth-order valence-electron chi connectivity index (χ4n) is 3.95. The molecule has 1 aliphatic rings. The third kappa shape index (κ3) is 5.18. The molecular weight excluding hydrogens is 420 g/mol. The SMILES string of the molecule is CC1OC(COC(=O)c2ccccc2)C(C(=O)c2ccccc2)C1OC(=O)c1ccccc1. The third-order valence-corrected chi connectivity index (χ3v) is 5.61. The first-order valence-electron chi connectivity index (χ1n) is 10.8. The molecule has 3 aromatic rings. The summed E-state index contributed by atoms with van der Waals surface area (Å²) in [6.07, 6.45) is -2.14. The normalized spacial score (nSPS) is 21.8. The van der Waals surface area contributed by atoms with Gasteiger partial charge in [0.1, 0.15) is 18.8 Å². The predicted molar refractivity (Wildman–Crippen MR) is 121 cm³/mol. The molecule has 0 bridgehead atoms.